The van der Waals surface area contributed by atoms with E-state index < -0.39 is 0 Å². The quantitative estimate of drug-likeness (QED) is 0.826. The Hall–Kier alpha value is -0.230. The summed E-state index contributed by atoms with van der Waals surface area (Å²) in [5.41, 5.74) is 0. The molecule has 2 rings (SSSR count). The molecule has 0 aliphatic carbocycles. The molecular weight excluding hydrogens is 220 g/mol. The first-order valence-electron chi connectivity index (χ1n) is 4.67. The molecule has 0 amide bonds. The van der Waals surface area contributed by atoms with Crippen molar-refractivity contribution in [1.29, 1.82) is 0 Å². The fourth-order valence-electron chi connectivity index (χ4n) is 1.64. The van der Waals surface area contributed by atoms with Crippen molar-refractivity contribution >= 4 is 22.9 Å². The van der Waals surface area contributed by atoms with Crippen LogP contribution in [0.25, 0.3) is 0 Å². The van der Waals surface area contributed by atoms with Crippen LogP contribution in [0.4, 0.5) is 0 Å². The van der Waals surface area contributed by atoms with E-state index in [2.05, 4.69) is 27.3 Å². The van der Waals surface area contributed by atoms with Gasteiger partial charge in [-0.3, -0.25) is 4.90 Å². The van der Waals surface area contributed by atoms with Crippen LogP contribution in [0.5, 0.6) is 0 Å². The molecule has 0 saturated carbocycles. The first kappa shape index (κ1) is 10.3. The number of piperazine rings is 1. The standard InChI is InChI=1S/C8H13ClN4S/c1-6-4-13(3-2-10-6)5-7-11-12-8(9)14-7/h6,10H,2-5H2,1H3/t6-/m1/s1. The summed E-state index contributed by atoms with van der Waals surface area (Å²) in [7, 11) is 0. The zero-order valence-corrected chi connectivity index (χ0v) is 9.61. The third kappa shape index (κ3) is 2.63. The molecule has 1 aliphatic rings. The van der Waals surface area contributed by atoms with E-state index in [0.29, 0.717) is 10.5 Å². The number of hydrogen-bond donors (Lipinski definition) is 1. The van der Waals surface area contributed by atoms with Gasteiger partial charge in [-0.2, -0.15) is 0 Å². The summed E-state index contributed by atoms with van der Waals surface area (Å²) in [5, 5.41) is 12.2. The molecule has 0 bridgehead atoms. The summed E-state index contributed by atoms with van der Waals surface area (Å²) in [6, 6.07) is 0.562. The smallest absolute Gasteiger partial charge is 0.207 e. The molecule has 2 heterocycles. The van der Waals surface area contributed by atoms with Gasteiger partial charge in [-0.05, 0) is 18.5 Å². The second kappa shape index (κ2) is 4.53. The van der Waals surface area contributed by atoms with Crippen LogP contribution in [0, 0.1) is 0 Å². The maximum absolute atomic E-state index is 5.72. The van der Waals surface area contributed by atoms with Crippen molar-refractivity contribution in [3.05, 3.63) is 9.47 Å². The van der Waals surface area contributed by atoms with E-state index in [4.69, 9.17) is 11.6 Å². The predicted octanol–water partition coefficient (Wildman–Crippen LogP) is 0.985. The highest BCUT2D eigenvalue weighted by molar-refractivity contribution is 7.15. The zero-order chi connectivity index (χ0) is 9.97. The summed E-state index contributed by atoms with van der Waals surface area (Å²) in [4.78, 5) is 2.37. The van der Waals surface area contributed by atoms with Gasteiger partial charge in [0.05, 0.1) is 6.54 Å². The number of rotatable bonds is 2. The minimum atomic E-state index is 0.531. The second-order valence-electron chi connectivity index (χ2n) is 3.54. The lowest BCUT2D eigenvalue weighted by atomic mass is 10.2. The monoisotopic (exact) mass is 232 g/mol. The first-order chi connectivity index (χ1) is 6.74. The van der Waals surface area contributed by atoms with Gasteiger partial charge in [-0.1, -0.05) is 11.3 Å². The van der Waals surface area contributed by atoms with Gasteiger partial charge < -0.3 is 5.32 Å². The Bertz CT molecular complexity index is 303. The third-order valence-electron chi connectivity index (χ3n) is 2.25. The zero-order valence-electron chi connectivity index (χ0n) is 8.03. The van der Waals surface area contributed by atoms with Crippen molar-refractivity contribution in [2.75, 3.05) is 19.6 Å². The minimum Gasteiger partial charge on any atom is -0.312 e. The van der Waals surface area contributed by atoms with Gasteiger partial charge in [0.2, 0.25) is 4.47 Å². The molecule has 1 aliphatic heterocycles. The number of aromatic nitrogens is 2. The molecule has 0 unspecified atom stereocenters. The number of halogens is 1. The third-order valence-corrected chi connectivity index (χ3v) is 3.26. The number of hydrogen-bond acceptors (Lipinski definition) is 5. The lowest BCUT2D eigenvalue weighted by Crippen LogP contribution is -2.48. The van der Waals surface area contributed by atoms with E-state index in [-0.39, 0.29) is 0 Å². The Balaban J connectivity index is 1.90. The van der Waals surface area contributed by atoms with E-state index in [1.54, 1.807) is 0 Å². The summed E-state index contributed by atoms with van der Waals surface area (Å²) >= 11 is 7.18. The van der Waals surface area contributed by atoms with E-state index in [1.165, 1.54) is 11.3 Å². The molecule has 1 N–H and O–H groups in total. The van der Waals surface area contributed by atoms with Gasteiger partial charge >= 0.3 is 0 Å². The van der Waals surface area contributed by atoms with E-state index in [1.807, 2.05) is 0 Å². The van der Waals surface area contributed by atoms with Crippen LogP contribution in [0.1, 0.15) is 11.9 Å². The summed E-state index contributed by atoms with van der Waals surface area (Å²) in [5.74, 6) is 0. The molecular formula is C8H13ClN4S. The van der Waals surface area contributed by atoms with Crippen molar-refractivity contribution in [3.63, 3.8) is 0 Å². The average Bonchev–Trinajstić information content (AvgIpc) is 2.51. The fraction of sp³-hybridized carbons (Fsp3) is 0.750. The molecule has 4 nitrogen and oxygen atoms in total. The van der Waals surface area contributed by atoms with Crippen molar-refractivity contribution in [2.45, 2.75) is 19.5 Å². The maximum atomic E-state index is 5.72. The molecule has 0 spiro atoms. The van der Waals surface area contributed by atoms with Gasteiger partial charge in [0.25, 0.3) is 0 Å². The molecule has 1 saturated heterocycles. The molecule has 1 fully saturated rings. The molecule has 6 heteroatoms. The van der Waals surface area contributed by atoms with E-state index in [9.17, 15) is 0 Å². The minimum absolute atomic E-state index is 0.531. The van der Waals surface area contributed by atoms with Crippen molar-refractivity contribution in [1.82, 2.24) is 20.4 Å². The maximum Gasteiger partial charge on any atom is 0.207 e. The Morgan fingerprint density at radius 3 is 3.14 bits per heavy atom. The SMILES string of the molecule is C[C@@H]1CN(Cc2nnc(Cl)s2)CCN1. The summed E-state index contributed by atoms with van der Waals surface area (Å²) in [6.45, 7) is 6.25. The molecule has 14 heavy (non-hydrogen) atoms. The van der Waals surface area contributed by atoms with Crippen LogP contribution in [-0.4, -0.2) is 40.8 Å². The van der Waals surface area contributed by atoms with Crippen molar-refractivity contribution < 1.29 is 0 Å². The highest BCUT2D eigenvalue weighted by Crippen LogP contribution is 2.16. The molecule has 0 aromatic carbocycles. The highest BCUT2D eigenvalue weighted by atomic mass is 35.5. The van der Waals surface area contributed by atoms with Gasteiger partial charge in [0.1, 0.15) is 5.01 Å². The fourth-order valence-corrected chi connectivity index (χ4v) is 2.55. The second-order valence-corrected chi connectivity index (χ2v) is 5.18. The first-order valence-corrected chi connectivity index (χ1v) is 5.87. The Morgan fingerprint density at radius 1 is 1.64 bits per heavy atom. The van der Waals surface area contributed by atoms with E-state index in [0.717, 1.165) is 31.2 Å². The average molecular weight is 233 g/mol. The molecule has 0 radical (unpaired) electrons. The van der Waals surface area contributed by atoms with Gasteiger partial charge in [-0.15, -0.1) is 10.2 Å². The lowest BCUT2D eigenvalue weighted by Gasteiger charge is -2.30. The number of nitrogens with one attached hydrogen (secondary N) is 1. The van der Waals surface area contributed by atoms with Crippen molar-refractivity contribution in [2.24, 2.45) is 0 Å². The Labute approximate surface area is 92.3 Å². The Kier molecular flexibility index (Phi) is 3.33. The molecule has 78 valence electrons. The van der Waals surface area contributed by atoms with Crippen LogP contribution in [-0.2, 0) is 6.54 Å². The van der Waals surface area contributed by atoms with Crippen LogP contribution < -0.4 is 5.32 Å². The van der Waals surface area contributed by atoms with Crippen LogP contribution in [0.15, 0.2) is 0 Å². The lowest BCUT2D eigenvalue weighted by molar-refractivity contribution is 0.199. The molecule has 1 atom stereocenters. The van der Waals surface area contributed by atoms with Gasteiger partial charge in [-0.25, -0.2) is 0 Å². The predicted molar refractivity (Wildman–Crippen MR) is 57.7 cm³/mol. The molecule has 1 aromatic rings. The largest absolute Gasteiger partial charge is 0.312 e. The van der Waals surface area contributed by atoms with Crippen LogP contribution in [0.3, 0.4) is 0 Å². The summed E-state index contributed by atoms with van der Waals surface area (Å²) < 4.78 is 0.531. The highest BCUT2D eigenvalue weighted by Gasteiger charge is 2.16. The van der Waals surface area contributed by atoms with Crippen LogP contribution in [0.2, 0.25) is 4.47 Å². The van der Waals surface area contributed by atoms with Gasteiger partial charge in [0, 0.05) is 25.7 Å². The molecule has 1 aromatic heterocycles. The van der Waals surface area contributed by atoms with Gasteiger partial charge in [0.15, 0.2) is 0 Å². The topological polar surface area (TPSA) is 41.1 Å². The number of nitrogens with zero attached hydrogens (tertiary/aromatic N) is 3. The van der Waals surface area contributed by atoms with E-state index >= 15 is 0 Å². The summed E-state index contributed by atoms with van der Waals surface area (Å²) in [6.07, 6.45) is 0. The normalized spacial score (nSPS) is 24.0. The van der Waals surface area contributed by atoms with Crippen LogP contribution >= 0.6 is 22.9 Å². The van der Waals surface area contributed by atoms with Crippen molar-refractivity contribution in [3.8, 4) is 0 Å². The Morgan fingerprint density at radius 2 is 2.50 bits per heavy atom.